The van der Waals surface area contributed by atoms with Gasteiger partial charge < -0.3 is 19.7 Å². The SMILES string of the molecule is COc1ccc(C(C)C)c(N2CCSC2=NC(=O)NC2CC2c2ccc(-c3ncn(-c4ccc(OC(F)(F)F)cc4)n3)cc2)c1. The van der Waals surface area contributed by atoms with Gasteiger partial charge in [-0.1, -0.05) is 55.9 Å². The number of nitrogens with zero attached hydrogens (tertiary/aromatic N) is 5. The van der Waals surface area contributed by atoms with Crippen LogP contribution in [0.4, 0.5) is 23.7 Å². The molecule has 1 N–H and O–H groups in total. The van der Waals surface area contributed by atoms with E-state index >= 15 is 0 Å². The topological polar surface area (TPSA) is 93.9 Å². The minimum Gasteiger partial charge on any atom is -0.497 e. The van der Waals surface area contributed by atoms with Gasteiger partial charge in [-0.3, -0.25) is 0 Å². The van der Waals surface area contributed by atoms with Crippen LogP contribution in [0, 0.1) is 0 Å². The fourth-order valence-corrected chi connectivity index (χ4v) is 6.24. The number of thioether (sulfide) groups is 1. The molecule has 234 valence electrons. The molecule has 4 aromatic rings. The molecule has 0 bridgehead atoms. The maximum absolute atomic E-state index is 12.9. The summed E-state index contributed by atoms with van der Waals surface area (Å²) in [6.45, 7) is 5.05. The average molecular weight is 637 g/mol. The quantitative estimate of drug-likeness (QED) is 0.220. The van der Waals surface area contributed by atoms with Crippen molar-refractivity contribution in [3.05, 3.63) is 84.2 Å². The van der Waals surface area contributed by atoms with Crippen molar-refractivity contribution in [3.8, 4) is 28.6 Å². The number of carbonyl (C=O) groups is 1. The lowest BCUT2D eigenvalue weighted by Crippen LogP contribution is -2.29. The van der Waals surface area contributed by atoms with Crippen LogP contribution in [0.5, 0.6) is 11.5 Å². The third kappa shape index (κ3) is 7.08. The number of aliphatic imine (C=N–C) groups is 1. The minimum atomic E-state index is -4.75. The number of amides is 2. The van der Waals surface area contributed by atoms with Gasteiger partial charge in [-0.15, -0.1) is 18.3 Å². The van der Waals surface area contributed by atoms with Crippen LogP contribution >= 0.6 is 11.8 Å². The first-order valence-electron chi connectivity index (χ1n) is 14.4. The van der Waals surface area contributed by atoms with Crippen LogP contribution < -0.4 is 19.7 Å². The maximum Gasteiger partial charge on any atom is 0.573 e. The van der Waals surface area contributed by atoms with Crippen LogP contribution in [0.2, 0.25) is 0 Å². The number of aromatic nitrogens is 3. The molecule has 1 aromatic heterocycles. The molecule has 13 heteroatoms. The lowest BCUT2D eigenvalue weighted by atomic mass is 10.00. The molecule has 2 heterocycles. The minimum absolute atomic E-state index is 0.00257. The fraction of sp³-hybridized carbons (Fsp3) is 0.312. The van der Waals surface area contributed by atoms with E-state index in [1.54, 1.807) is 18.9 Å². The van der Waals surface area contributed by atoms with Gasteiger partial charge in [0.15, 0.2) is 11.0 Å². The summed E-state index contributed by atoms with van der Waals surface area (Å²) in [6, 6.07) is 18.9. The van der Waals surface area contributed by atoms with E-state index in [9.17, 15) is 18.0 Å². The predicted octanol–water partition coefficient (Wildman–Crippen LogP) is 7.14. The lowest BCUT2D eigenvalue weighted by molar-refractivity contribution is -0.274. The highest BCUT2D eigenvalue weighted by Crippen LogP contribution is 2.41. The van der Waals surface area contributed by atoms with Crippen LogP contribution in [0.3, 0.4) is 0 Å². The van der Waals surface area contributed by atoms with Gasteiger partial charge in [-0.05, 0) is 53.8 Å². The van der Waals surface area contributed by atoms with Crippen molar-refractivity contribution in [3.63, 3.8) is 0 Å². The number of halogens is 3. The Morgan fingerprint density at radius 3 is 2.49 bits per heavy atom. The van der Waals surface area contributed by atoms with Crippen molar-refractivity contribution < 1.29 is 27.4 Å². The van der Waals surface area contributed by atoms with Gasteiger partial charge in [0.2, 0.25) is 0 Å². The Bertz CT molecular complexity index is 1710. The van der Waals surface area contributed by atoms with E-state index in [0.29, 0.717) is 22.6 Å². The normalized spacial score (nSPS) is 18.8. The summed E-state index contributed by atoms with van der Waals surface area (Å²) in [6.07, 6.45) is -2.43. The molecule has 6 rings (SSSR count). The van der Waals surface area contributed by atoms with Crippen molar-refractivity contribution in [2.24, 2.45) is 4.99 Å². The monoisotopic (exact) mass is 636 g/mol. The third-order valence-corrected chi connectivity index (χ3v) is 8.60. The molecular weight excluding hydrogens is 605 g/mol. The second kappa shape index (κ2) is 12.5. The number of urea groups is 1. The number of hydrogen-bond acceptors (Lipinski definition) is 6. The van der Waals surface area contributed by atoms with Crippen molar-refractivity contribution in [1.82, 2.24) is 20.1 Å². The molecular formula is C32H31F3N6O3S. The highest BCUT2D eigenvalue weighted by molar-refractivity contribution is 8.14. The molecule has 2 amide bonds. The number of methoxy groups -OCH3 is 1. The largest absolute Gasteiger partial charge is 0.573 e. The van der Waals surface area contributed by atoms with E-state index in [2.05, 4.69) is 49.9 Å². The van der Waals surface area contributed by atoms with E-state index in [4.69, 9.17) is 4.74 Å². The van der Waals surface area contributed by atoms with Gasteiger partial charge in [-0.2, -0.15) is 4.99 Å². The Morgan fingerprint density at radius 2 is 1.80 bits per heavy atom. The summed E-state index contributed by atoms with van der Waals surface area (Å²) in [5.41, 5.74) is 4.61. The number of alkyl halides is 3. The van der Waals surface area contributed by atoms with Crippen LogP contribution in [0.1, 0.15) is 43.2 Å². The highest BCUT2D eigenvalue weighted by atomic mass is 32.2. The number of anilines is 1. The first kappa shape index (κ1) is 30.5. The Hall–Kier alpha value is -4.52. The van der Waals surface area contributed by atoms with Crippen molar-refractivity contribution in [2.75, 3.05) is 24.3 Å². The standard InChI is InChI=1S/C32H31F3N6O3S/c1-19(2)25-13-12-24(43-3)16-28(25)40-14-15-45-31(40)38-30(42)37-27-17-26(27)20-4-6-21(7-5-20)29-36-18-41(39-29)22-8-10-23(11-9-22)44-32(33,34)35/h4-13,16,18-19,26-27H,14-15,17H2,1-3H3,(H,37,42). The van der Waals surface area contributed by atoms with Crippen LogP contribution in [0.15, 0.2) is 78.0 Å². The van der Waals surface area contributed by atoms with E-state index in [1.807, 2.05) is 36.4 Å². The Kier molecular flexibility index (Phi) is 8.45. The van der Waals surface area contributed by atoms with Crippen LogP contribution in [0.25, 0.3) is 17.1 Å². The second-order valence-electron chi connectivity index (χ2n) is 11.0. The Balaban J connectivity index is 1.07. The number of ether oxygens (including phenoxy) is 2. The first-order valence-corrected chi connectivity index (χ1v) is 15.4. The van der Waals surface area contributed by atoms with Crippen molar-refractivity contribution in [2.45, 2.75) is 44.5 Å². The van der Waals surface area contributed by atoms with Crippen LogP contribution in [-0.4, -0.2) is 57.8 Å². The summed E-state index contributed by atoms with van der Waals surface area (Å²) < 4.78 is 48.1. The molecule has 2 aliphatic rings. The lowest BCUT2D eigenvalue weighted by Gasteiger charge is -2.23. The van der Waals surface area contributed by atoms with Gasteiger partial charge in [0.25, 0.3) is 0 Å². The Morgan fingerprint density at radius 1 is 1.07 bits per heavy atom. The fourth-order valence-electron chi connectivity index (χ4n) is 5.29. The maximum atomic E-state index is 12.9. The zero-order chi connectivity index (χ0) is 31.7. The molecule has 45 heavy (non-hydrogen) atoms. The van der Waals surface area contributed by atoms with E-state index < -0.39 is 6.36 Å². The molecule has 1 saturated heterocycles. The number of nitrogens with one attached hydrogen (secondary N) is 1. The molecule has 2 atom stereocenters. The summed E-state index contributed by atoms with van der Waals surface area (Å²) >= 11 is 1.57. The summed E-state index contributed by atoms with van der Waals surface area (Å²) in [4.78, 5) is 23.8. The molecule has 0 spiro atoms. The van der Waals surface area contributed by atoms with Gasteiger partial charge in [0.05, 0.1) is 12.8 Å². The van der Waals surface area contributed by atoms with Crippen molar-refractivity contribution >= 4 is 28.6 Å². The summed E-state index contributed by atoms with van der Waals surface area (Å²) in [7, 11) is 1.64. The first-order chi connectivity index (χ1) is 21.6. The van der Waals surface area contributed by atoms with Gasteiger partial charge >= 0.3 is 12.4 Å². The molecule has 0 radical (unpaired) electrons. The van der Waals surface area contributed by atoms with E-state index in [0.717, 1.165) is 41.3 Å². The Labute approximate surface area is 262 Å². The summed E-state index contributed by atoms with van der Waals surface area (Å²) in [5.74, 6) is 2.26. The molecule has 1 saturated carbocycles. The number of amidine groups is 1. The van der Waals surface area contributed by atoms with Crippen molar-refractivity contribution in [1.29, 1.82) is 0 Å². The molecule has 1 aliphatic heterocycles. The van der Waals surface area contributed by atoms with Gasteiger partial charge in [-0.25, -0.2) is 14.5 Å². The second-order valence-corrected chi connectivity index (χ2v) is 12.1. The molecule has 9 nitrogen and oxygen atoms in total. The number of carbonyl (C=O) groups excluding carboxylic acids is 1. The molecule has 2 fully saturated rings. The number of rotatable bonds is 8. The van der Waals surface area contributed by atoms with Crippen LogP contribution in [-0.2, 0) is 0 Å². The molecule has 1 aliphatic carbocycles. The molecule has 2 unspecified atom stereocenters. The van der Waals surface area contributed by atoms with Gasteiger partial charge in [0.1, 0.15) is 17.8 Å². The highest BCUT2D eigenvalue weighted by Gasteiger charge is 2.40. The zero-order valence-electron chi connectivity index (χ0n) is 24.8. The third-order valence-electron chi connectivity index (χ3n) is 7.65. The molecule has 3 aromatic carbocycles. The summed E-state index contributed by atoms with van der Waals surface area (Å²) in [5, 5.41) is 8.20. The van der Waals surface area contributed by atoms with Gasteiger partial charge in [0, 0.05) is 41.6 Å². The number of hydrogen-bond donors (Lipinski definition) is 1. The predicted molar refractivity (Wildman–Crippen MR) is 167 cm³/mol. The smallest absolute Gasteiger partial charge is 0.497 e. The zero-order valence-corrected chi connectivity index (χ0v) is 25.6. The van der Waals surface area contributed by atoms with E-state index in [-0.39, 0.29) is 23.7 Å². The average Bonchev–Trinajstić information content (AvgIpc) is 3.36. The van der Waals surface area contributed by atoms with E-state index in [1.165, 1.54) is 40.8 Å². The number of benzene rings is 3.